The lowest BCUT2D eigenvalue weighted by atomic mass is 9.91. The summed E-state index contributed by atoms with van der Waals surface area (Å²) in [6, 6.07) is 4.54. The van der Waals surface area contributed by atoms with E-state index in [2.05, 4.69) is 22.5 Å². The Hall–Kier alpha value is -1.42. The van der Waals surface area contributed by atoms with Gasteiger partial charge in [0.25, 0.3) is 5.91 Å². The van der Waals surface area contributed by atoms with Crippen molar-refractivity contribution in [2.45, 2.75) is 51.1 Å². The van der Waals surface area contributed by atoms with Gasteiger partial charge < -0.3 is 10.6 Å². The molecule has 4 nitrogen and oxygen atoms in total. The van der Waals surface area contributed by atoms with E-state index in [0.29, 0.717) is 17.6 Å². The average molecular weight is 261 g/mol. The molecule has 4 heteroatoms. The number of rotatable bonds is 5. The molecule has 0 aromatic carbocycles. The lowest BCUT2D eigenvalue weighted by Crippen LogP contribution is -2.42. The first kappa shape index (κ1) is 14.0. The molecule has 0 atom stereocenters. The fourth-order valence-corrected chi connectivity index (χ4v) is 2.56. The summed E-state index contributed by atoms with van der Waals surface area (Å²) in [5.41, 5.74) is 0.647. The van der Waals surface area contributed by atoms with Crippen LogP contribution in [-0.2, 0) is 0 Å². The van der Waals surface area contributed by atoms with Crippen LogP contribution in [0.15, 0.2) is 24.5 Å². The van der Waals surface area contributed by atoms with Crippen LogP contribution in [-0.4, -0.2) is 29.5 Å². The molecule has 0 bridgehead atoms. The van der Waals surface area contributed by atoms with Crippen molar-refractivity contribution in [3.63, 3.8) is 0 Å². The molecule has 0 aliphatic heterocycles. The van der Waals surface area contributed by atoms with Crippen LogP contribution in [0.2, 0.25) is 0 Å². The second-order valence-electron chi connectivity index (χ2n) is 5.22. The molecule has 0 spiro atoms. The Balaban J connectivity index is 1.75. The Labute approximate surface area is 115 Å². The highest BCUT2D eigenvalue weighted by atomic mass is 16.1. The third kappa shape index (κ3) is 4.31. The first-order valence-corrected chi connectivity index (χ1v) is 7.24. The van der Waals surface area contributed by atoms with Crippen molar-refractivity contribution >= 4 is 5.91 Å². The number of carbonyl (C=O) groups excluding carboxylic acids is 1. The number of hydrogen-bond donors (Lipinski definition) is 2. The highest BCUT2D eigenvalue weighted by Crippen LogP contribution is 2.19. The first-order chi connectivity index (χ1) is 9.29. The summed E-state index contributed by atoms with van der Waals surface area (Å²) < 4.78 is 0. The predicted molar refractivity (Wildman–Crippen MR) is 76.0 cm³/mol. The number of nitrogens with one attached hydrogen (secondary N) is 2. The highest BCUT2D eigenvalue weighted by molar-refractivity contribution is 5.93. The number of amides is 1. The van der Waals surface area contributed by atoms with Crippen molar-refractivity contribution in [2.75, 3.05) is 6.54 Å². The fourth-order valence-electron chi connectivity index (χ4n) is 2.56. The molecular weight excluding hydrogens is 238 g/mol. The van der Waals surface area contributed by atoms with E-state index in [1.807, 2.05) is 0 Å². The molecule has 0 unspecified atom stereocenters. The Morgan fingerprint density at radius 1 is 1.32 bits per heavy atom. The van der Waals surface area contributed by atoms with E-state index in [1.54, 1.807) is 24.5 Å². The summed E-state index contributed by atoms with van der Waals surface area (Å²) in [5, 5.41) is 6.66. The zero-order chi connectivity index (χ0) is 13.5. The van der Waals surface area contributed by atoms with E-state index in [9.17, 15) is 4.79 Å². The van der Waals surface area contributed by atoms with E-state index in [1.165, 1.54) is 6.42 Å². The molecule has 1 aliphatic rings. The molecule has 104 valence electrons. The van der Waals surface area contributed by atoms with Gasteiger partial charge in [-0.3, -0.25) is 9.78 Å². The van der Waals surface area contributed by atoms with Gasteiger partial charge >= 0.3 is 0 Å². The quantitative estimate of drug-likeness (QED) is 0.853. The van der Waals surface area contributed by atoms with Gasteiger partial charge in [-0.1, -0.05) is 6.92 Å². The third-order valence-electron chi connectivity index (χ3n) is 3.67. The van der Waals surface area contributed by atoms with Crippen molar-refractivity contribution in [1.29, 1.82) is 0 Å². The van der Waals surface area contributed by atoms with Crippen LogP contribution < -0.4 is 10.6 Å². The Morgan fingerprint density at radius 2 is 2.05 bits per heavy atom. The van der Waals surface area contributed by atoms with Gasteiger partial charge in [0.05, 0.1) is 5.56 Å². The maximum Gasteiger partial charge on any atom is 0.253 e. The van der Waals surface area contributed by atoms with Crippen LogP contribution in [0, 0.1) is 0 Å². The lowest BCUT2D eigenvalue weighted by molar-refractivity contribution is 0.0924. The van der Waals surface area contributed by atoms with Gasteiger partial charge in [0, 0.05) is 24.5 Å². The molecule has 0 saturated heterocycles. The number of carbonyl (C=O) groups is 1. The van der Waals surface area contributed by atoms with E-state index in [0.717, 1.165) is 32.2 Å². The lowest BCUT2D eigenvalue weighted by Gasteiger charge is -2.29. The molecule has 1 saturated carbocycles. The summed E-state index contributed by atoms with van der Waals surface area (Å²) in [4.78, 5) is 16.0. The number of hydrogen-bond acceptors (Lipinski definition) is 3. The second-order valence-corrected chi connectivity index (χ2v) is 5.22. The Morgan fingerprint density at radius 3 is 2.68 bits per heavy atom. The molecule has 1 aromatic heterocycles. The van der Waals surface area contributed by atoms with Crippen LogP contribution in [0.4, 0.5) is 0 Å². The van der Waals surface area contributed by atoms with Crippen LogP contribution in [0.5, 0.6) is 0 Å². The molecule has 0 radical (unpaired) electrons. The van der Waals surface area contributed by atoms with Crippen molar-refractivity contribution in [1.82, 2.24) is 15.6 Å². The number of pyridine rings is 1. The van der Waals surface area contributed by atoms with Gasteiger partial charge in [-0.05, 0) is 50.8 Å². The largest absolute Gasteiger partial charge is 0.349 e. The van der Waals surface area contributed by atoms with E-state index in [4.69, 9.17) is 0 Å². The molecule has 1 amide bonds. The van der Waals surface area contributed by atoms with Crippen molar-refractivity contribution in [2.24, 2.45) is 0 Å². The maximum absolute atomic E-state index is 12.0. The zero-order valence-electron chi connectivity index (χ0n) is 11.6. The summed E-state index contributed by atoms with van der Waals surface area (Å²) in [7, 11) is 0. The van der Waals surface area contributed by atoms with Gasteiger partial charge in [-0.15, -0.1) is 0 Å². The van der Waals surface area contributed by atoms with Gasteiger partial charge in [0.1, 0.15) is 0 Å². The van der Waals surface area contributed by atoms with E-state index in [-0.39, 0.29) is 5.91 Å². The highest BCUT2D eigenvalue weighted by Gasteiger charge is 2.22. The predicted octanol–water partition coefficient (Wildman–Crippen LogP) is 2.12. The van der Waals surface area contributed by atoms with Crippen LogP contribution in [0.25, 0.3) is 0 Å². The summed E-state index contributed by atoms with van der Waals surface area (Å²) in [5.74, 6) is -0.00179. The number of nitrogens with zero attached hydrogens (tertiary/aromatic N) is 1. The van der Waals surface area contributed by atoms with Crippen molar-refractivity contribution in [3.8, 4) is 0 Å². The van der Waals surface area contributed by atoms with Crippen LogP contribution in [0.3, 0.4) is 0 Å². The van der Waals surface area contributed by atoms with E-state index < -0.39 is 0 Å². The third-order valence-corrected chi connectivity index (χ3v) is 3.67. The van der Waals surface area contributed by atoms with Crippen LogP contribution >= 0.6 is 0 Å². The first-order valence-electron chi connectivity index (χ1n) is 7.24. The van der Waals surface area contributed by atoms with E-state index >= 15 is 0 Å². The number of aromatic nitrogens is 1. The topological polar surface area (TPSA) is 54.0 Å². The molecule has 2 N–H and O–H groups in total. The molecule has 1 aliphatic carbocycles. The SMILES string of the molecule is CCCNC1CCC(NC(=O)c2cccnc2)CC1. The van der Waals surface area contributed by atoms with Gasteiger partial charge in [-0.2, -0.15) is 0 Å². The van der Waals surface area contributed by atoms with Crippen molar-refractivity contribution in [3.05, 3.63) is 30.1 Å². The Kier molecular flexibility index (Phi) is 5.33. The van der Waals surface area contributed by atoms with Gasteiger partial charge in [0.2, 0.25) is 0 Å². The molecule has 2 rings (SSSR count). The molecule has 1 fully saturated rings. The maximum atomic E-state index is 12.0. The molecular formula is C15H23N3O. The minimum absolute atomic E-state index is 0.00179. The second kappa shape index (κ2) is 7.24. The van der Waals surface area contributed by atoms with Crippen molar-refractivity contribution < 1.29 is 4.79 Å². The monoisotopic (exact) mass is 261 g/mol. The standard InChI is InChI=1S/C15H23N3O/c1-2-9-17-13-5-7-14(8-6-13)18-15(19)12-4-3-10-16-11-12/h3-4,10-11,13-14,17H,2,5-9H2,1H3,(H,18,19). The summed E-state index contributed by atoms with van der Waals surface area (Å²) in [6.07, 6.45) is 8.90. The summed E-state index contributed by atoms with van der Waals surface area (Å²) in [6.45, 7) is 3.28. The normalized spacial score (nSPS) is 23.0. The van der Waals surface area contributed by atoms with Crippen LogP contribution in [0.1, 0.15) is 49.4 Å². The molecule has 1 heterocycles. The minimum Gasteiger partial charge on any atom is -0.349 e. The smallest absolute Gasteiger partial charge is 0.253 e. The van der Waals surface area contributed by atoms with Gasteiger partial charge in [0.15, 0.2) is 0 Å². The average Bonchev–Trinajstić information content (AvgIpc) is 2.47. The zero-order valence-corrected chi connectivity index (χ0v) is 11.6. The fraction of sp³-hybridized carbons (Fsp3) is 0.600. The minimum atomic E-state index is -0.00179. The molecule has 1 aromatic rings. The molecule has 19 heavy (non-hydrogen) atoms. The summed E-state index contributed by atoms with van der Waals surface area (Å²) >= 11 is 0. The Bertz CT molecular complexity index is 386. The van der Waals surface area contributed by atoms with Gasteiger partial charge in [-0.25, -0.2) is 0 Å².